The molecule has 0 spiro atoms. The lowest BCUT2D eigenvalue weighted by molar-refractivity contribution is -0.140. The molecule has 7 heteroatoms. The molecule has 2 fully saturated rings. The topological polar surface area (TPSA) is 58.4 Å². The Kier molecular flexibility index (Phi) is 4.89. The zero-order chi connectivity index (χ0) is 18.1. The summed E-state index contributed by atoms with van der Waals surface area (Å²) >= 11 is 1.71. The van der Waals surface area contributed by atoms with E-state index in [1.54, 1.807) is 11.8 Å². The number of carbonyl (C=O) groups excluding carboxylic acids is 2. The third kappa shape index (κ3) is 3.45. The average molecular weight is 372 g/mol. The predicted octanol–water partition coefficient (Wildman–Crippen LogP) is 1.98. The molecule has 1 saturated heterocycles. The van der Waals surface area contributed by atoms with Crippen molar-refractivity contribution in [2.24, 2.45) is 5.92 Å². The van der Waals surface area contributed by atoms with Crippen molar-refractivity contribution in [1.82, 2.24) is 19.4 Å². The highest BCUT2D eigenvalue weighted by Crippen LogP contribution is 2.31. The molecule has 2 heterocycles. The lowest BCUT2D eigenvalue weighted by Crippen LogP contribution is -2.51. The van der Waals surface area contributed by atoms with Crippen molar-refractivity contribution >= 4 is 34.6 Å². The summed E-state index contributed by atoms with van der Waals surface area (Å²) in [7, 11) is 0. The Morgan fingerprint density at radius 2 is 1.81 bits per heavy atom. The molecule has 0 radical (unpaired) electrons. The van der Waals surface area contributed by atoms with Crippen LogP contribution in [0.5, 0.6) is 0 Å². The van der Waals surface area contributed by atoms with Crippen LogP contribution in [0.1, 0.15) is 18.7 Å². The molecule has 6 nitrogen and oxygen atoms in total. The number of para-hydroxylation sites is 2. The molecular formula is C19H24N4O2S. The molecule has 0 bridgehead atoms. The Balaban J connectivity index is 1.44. The number of nitrogens with zero attached hydrogens (tertiary/aromatic N) is 4. The maximum atomic E-state index is 12.9. The van der Waals surface area contributed by atoms with Crippen molar-refractivity contribution in [1.29, 1.82) is 0 Å². The zero-order valence-corrected chi connectivity index (χ0v) is 15.9. The van der Waals surface area contributed by atoms with Crippen molar-refractivity contribution in [3.05, 3.63) is 30.1 Å². The minimum Gasteiger partial charge on any atom is -0.339 e. The van der Waals surface area contributed by atoms with Crippen LogP contribution < -0.4 is 0 Å². The van der Waals surface area contributed by atoms with Gasteiger partial charge in [0.2, 0.25) is 11.8 Å². The molecule has 1 aromatic heterocycles. The van der Waals surface area contributed by atoms with Crippen molar-refractivity contribution in [3.63, 3.8) is 0 Å². The van der Waals surface area contributed by atoms with Gasteiger partial charge in [0.05, 0.1) is 16.8 Å². The first kappa shape index (κ1) is 17.4. The minimum absolute atomic E-state index is 0.106. The van der Waals surface area contributed by atoms with E-state index in [1.807, 2.05) is 44.9 Å². The van der Waals surface area contributed by atoms with E-state index < -0.39 is 0 Å². The summed E-state index contributed by atoms with van der Waals surface area (Å²) < 4.78 is 2.04. The van der Waals surface area contributed by atoms with E-state index in [0.29, 0.717) is 32.7 Å². The first-order valence-corrected chi connectivity index (χ1v) is 10.6. The van der Waals surface area contributed by atoms with Gasteiger partial charge in [0.15, 0.2) is 0 Å². The molecule has 1 aromatic carbocycles. The van der Waals surface area contributed by atoms with Crippen LogP contribution in [0.25, 0.3) is 11.0 Å². The average Bonchev–Trinajstić information content (AvgIpc) is 3.46. The molecule has 26 heavy (non-hydrogen) atoms. The smallest absolute Gasteiger partial charge is 0.242 e. The summed E-state index contributed by atoms with van der Waals surface area (Å²) in [5.41, 5.74) is 1.94. The predicted molar refractivity (Wildman–Crippen MR) is 103 cm³/mol. The fraction of sp³-hybridized carbons (Fsp3) is 0.526. The third-order valence-corrected chi connectivity index (χ3v) is 5.72. The van der Waals surface area contributed by atoms with Gasteiger partial charge in [-0.15, -0.1) is 0 Å². The lowest BCUT2D eigenvalue weighted by Gasteiger charge is -2.35. The van der Waals surface area contributed by atoms with Crippen LogP contribution in [0, 0.1) is 5.92 Å². The Hall–Kier alpha value is -2.02. The van der Waals surface area contributed by atoms with Crippen LogP contribution in [0.2, 0.25) is 0 Å². The number of benzene rings is 1. The number of carbonyl (C=O) groups is 2. The van der Waals surface area contributed by atoms with Crippen molar-refractivity contribution in [3.8, 4) is 0 Å². The molecule has 1 saturated carbocycles. The first-order chi connectivity index (χ1) is 12.7. The number of rotatable bonds is 5. The summed E-state index contributed by atoms with van der Waals surface area (Å²) in [6, 6.07) is 7.96. The fourth-order valence-electron chi connectivity index (χ4n) is 3.54. The summed E-state index contributed by atoms with van der Waals surface area (Å²) in [4.78, 5) is 33.5. The fourth-order valence-corrected chi connectivity index (χ4v) is 4.02. The van der Waals surface area contributed by atoms with Gasteiger partial charge in [-0.2, -0.15) is 11.8 Å². The number of hydrogen-bond donors (Lipinski definition) is 0. The van der Waals surface area contributed by atoms with Gasteiger partial charge >= 0.3 is 0 Å². The molecule has 1 aliphatic heterocycles. The highest BCUT2D eigenvalue weighted by Gasteiger charge is 2.35. The second-order valence-corrected chi connectivity index (χ2v) is 7.88. The van der Waals surface area contributed by atoms with E-state index >= 15 is 0 Å². The van der Waals surface area contributed by atoms with Gasteiger partial charge in [-0.3, -0.25) is 9.59 Å². The molecule has 2 aromatic rings. The molecule has 4 rings (SSSR count). The highest BCUT2D eigenvalue weighted by atomic mass is 32.2. The van der Waals surface area contributed by atoms with Gasteiger partial charge in [-0.05, 0) is 31.2 Å². The van der Waals surface area contributed by atoms with Gasteiger partial charge in [0, 0.05) is 32.1 Å². The van der Waals surface area contributed by atoms with Gasteiger partial charge in [0.25, 0.3) is 0 Å². The number of thioether (sulfide) groups is 1. The maximum Gasteiger partial charge on any atom is 0.242 e. The van der Waals surface area contributed by atoms with Crippen molar-refractivity contribution < 1.29 is 9.59 Å². The normalized spacial score (nSPS) is 17.7. The van der Waals surface area contributed by atoms with E-state index in [0.717, 1.165) is 35.5 Å². The van der Waals surface area contributed by atoms with Crippen molar-refractivity contribution in [2.75, 3.05) is 32.4 Å². The SMILES string of the molecule is CSCc1nc2ccccc2n1CC(=O)N1CCN(C(=O)C2CC2)CC1. The van der Waals surface area contributed by atoms with Crippen LogP contribution in [-0.2, 0) is 21.9 Å². The summed E-state index contributed by atoms with van der Waals surface area (Å²) in [5.74, 6) is 2.36. The Bertz CT molecular complexity index is 822. The lowest BCUT2D eigenvalue weighted by atomic mass is 10.2. The van der Waals surface area contributed by atoms with Crippen LogP contribution >= 0.6 is 11.8 Å². The second-order valence-electron chi connectivity index (χ2n) is 7.02. The number of imidazole rings is 1. The summed E-state index contributed by atoms with van der Waals surface area (Å²) in [6.07, 6.45) is 4.11. The number of amides is 2. The van der Waals surface area contributed by atoms with E-state index in [1.165, 1.54) is 0 Å². The summed E-state index contributed by atoms with van der Waals surface area (Å²) in [6.45, 7) is 2.88. The van der Waals surface area contributed by atoms with Crippen molar-refractivity contribution in [2.45, 2.75) is 25.1 Å². The van der Waals surface area contributed by atoms with Crippen LogP contribution in [-0.4, -0.2) is 63.6 Å². The Morgan fingerprint density at radius 1 is 1.12 bits per heavy atom. The molecule has 1 aliphatic carbocycles. The zero-order valence-electron chi connectivity index (χ0n) is 15.1. The number of hydrogen-bond acceptors (Lipinski definition) is 4. The van der Waals surface area contributed by atoms with Gasteiger partial charge in [0.1, 0.15) is 12.4 Å². The monoisotopic (exact) mass is 372 g/mol. The quantitative estimate of drug-likeness (QED) is 0.805. The third-order valence-electron chi connectivity index (χ3n) is 5.17. The molecule has 138 valence electrons. The first-order valence-electron chi connectivity index (χ1n) is 9.17. The van der Waals surface area contributed by atoms with Crippen LogP contribution in [0.4, 0.5) is 0 Å². The number of aromatic nitrogens is 2. The number of piperazine rings is 1. The van der Waals surface area contributed by atoms with E-state index in [4.69, 9.17) is 0 Å². The molecule has 2 aliphatic rings. The second kappa shape index (κ2) is 7.31. The van der Waals surface area contributed by atoms with E-state index in [2.05, 4.69) is 4.98 Å². The Morgan fingerprint density at radius 3 is 2.50 bits per heavy atom. The molecule has 2 amide bonds. The minimum atomic E-state index is 0.106. The Labute approximate surface area is 157 Å². The molecule has 0 unspecified atom stereocenters. The van der Waals surface area contributed by atoms with Crippen LogP contribution in [0.15, 0.2) is 24.3 Å². The number of fused-ring (bicyclic) bond motifs is 1. The molecule has 0 N–H and O–H groups in total. The van der Waals surface area contributed by atoms with E-state index in [-0.39, 0.29) is 17.7 Å². The standard InChI is InChI=1S/C19H24N4O2S/c1-26-13-17-20-15-4-2-3-5-16(15)23(17)12-18(24)21-8-10-22(11-9-21)19(25)14-6-7-14/h2-5,14H,6-13H2,1H3. The summed E-state index contributed by atoms with van der Waals surface area (Å²) in [5, 5.41) is 0. The van der Waals surface area contributed by atoms with Crippen LogP contribution in [0.3, 0.4) is 0 Å². The van der Waals surface area contributed by atoms with Gasteiger partial charge in [-0.25, -0.2) is 4.98 Å². The van der Waals surface area contributed by atoms with E-state index in [9.17, 15) is 9.59 Å². The largest absolute Gasteiger partial charge is 0.339 e. The maximum absolute atomic E-state index is 12.9. The molecular weight excluding hydrogens is 348 g/mol. The van der Waals surface area contributed by atoms with Gasteiger partial charge < -0.3 is 14.4 Å². The van der Waals surface area contributed by atoms with Gasteiger partial charge in [-0.1, -0.05) is 12.1 Å². The highest BCUT2D eigenvalue weighted by molar-refractivity contribution is 7.97. The molecule has 0 atom stereocenters.